The van der Waals surface area contributed by atoms with Gasteiger partial charge in [0.05, 0.1) is 0 Å². The van der Waals surface area contributed by atoms with Gasteiger partial charge in [-0.1, -0.05) is 60.3 Å². The summed E-state index contributed by atoms with van der Waals surface area (Å²) in [5.41, 5.74) is 2.60. The number of para-hydroxylation sites is 1. The lowest BCUT2D eigenvalue weighted by atomic mass is 10.1. The van der Waals surface area contributed by atoms with Gasteiger partial charge in [0.2, 0.25) is 0 Å². The predicted octanol–water partition coefficient (Wildman–Crippen LogP) is 4.64. The van der Waals surface area contributed by atoms with Gasteiger partial charge in [-0.05, 0) is 30.2 Å². The van der Waals surface area contributed by atoms with E-state index in [2.05, 4.69) is 52.5 Å². The van der Waals surface area contributed by atoms with Gasteiger partial charge < -0.3 is 4.74 Å². The molecule has 0 atom stereocenters. The Bertz CT molecular complexity index is 830. The average Bonchev–Trinajstić information content (AvgIpc) is 3.02. The minimum absolute atomic E-state index is 0.385. The van der Waals surface area contributed by atoms with Crippen LogP contribution in [0.1, 0.15) is 17.0 Å². The number of aromatic nitrogens is 3. The second kappa shape index (κ2) is 8.53. The van der Waals surface area contributed by atoms with E-state index in [1.54, 1.807) is 11.8 Å². The number of nitrogens with zero attached hydrogens (tertiary/aromatic N) is 3. The molecular weight excluding hydrogens is 330 g/mol. The number of hydrogen-bond acceptors (Lipinski definition) is 4. The van der Waals surface area contributed by atoms with Crippen molar-refractivity contribution in [3.05, 3.63) is 84.2 Å². The zero-order valence-corrected chi connectivity index (χ0v) is 15.1. The van der Waals surface area contributed by atoms with Crippen LogP contribution in [0, 0.1) is 6.92 Å². The van der Waals surface area contributed by atoms with Gasteiger partial charge in [-0.2, -0.15) is 0 Å². The van der Waals surface area contributed by atoms with Gasteiger partial charge in [0, 0.05) is 12.3 Å². The van der Waals surface area contributed by atoms with Crippen molar-refractivity contribution in [3.63, 3.8) is 0 Å². The Kier molecular flexibility index (Phi) is 5.90. The lowest BCUT2D eigenvalue weighted by Crippen LogP contribution is -2.07. The smallest absolute Gasteiger partial charge is 0.191 e. The first-order valence-corrected chi connectivity index (χ1v) is 9.14. The summed E-state index contributed by atoms with van der Waals surface area (Å²) < 4.78 is 7.86. The summed E-state index contributed by atoms with van der Waals surface area (Å²) in [5, 5.41) is 9.53. The molecule has 3 aromatic rings. The molecule has 0 aliphatic rings. The van der Waals surface area contributed by atoms with E-state index < -0.39 is 0 Å². The molecule has 0 saturated carbocycles. The van der Waals surface area contributed by atoms with Gasteiger partial charge >= 0.3 is 0 Å². The van der Waals surface area contributed by atoms with Gasteiger partial charge in [0.1, 0.15) is 12.4 Å². The Balaban J connectivity index is 1.70. The molecule has 1 aromatic heterocycles. The minimum atomic E-state index is 0.385. The van der Waals surface area contributed by atoms with Crippen LogP contribution in [0.3, 0.4) is 0 Å². The van der Waals surface area contributed by atoms with Crippen LogP contribution < -0.4 is 4.74 Å². The van der Waals surface area contributed by atoms with Crippen molar-refractivity contribution in [2.24, 2.45) is 0 Å². The monoisotopic (exact) mass is 351 g/mol. The van der Waals surface area contributed by atoms with Gasteiger partial charge in [-0.15, -0.1) is 16.8 Å². The zero-order valence-electron chi connectivity index (χ0n) is 14.3. The second-order valence-corrected chi connectivity index (χ2v) is 6.56. The predicted molar refractivity (Wildman–Crippen MR) is 102 cm³/mol. The molecule has 1 heterocycles. The Morgan fingerprint density at radius 2 is 1.84 bits per heavy atom. The summed E-state index contributed by atoms with van der Waals surface area (Å²) in [6, 6.07) is 18.1. The van der Waals surface area contributed by atoms with E-state index in [0.717, 1.165) is 22.5 Å². The third-order valence-corrected chi connectivity index (χ3v) is 4.85. The van der Waals surface area contributed by atoms with Crippen LogP contribution in [-0.2, 0) is 18.9 Å². The molecule has 0 aliphatic carbocycles. The van der Waals surface area contributed by atoms with Crippen LogP contribution in [0.2, 0.25) is 0 Å². The third-order valence-electron chi connectivity index (χ3n) is 3.83. The Labute approximate surface area is 152 Å². The number of allylic oxidation sites excluding steroid dienone is 1. The SMILES string of the molecule is C=CCn1c(COc2ccccc2)nnc1SCc1ccccc1C. The molecule has 0 radical (unpaired) electrons. The maximum atomic E-state index is 5.81. The topological polar surface area (TPSA) is 39.9 Å². The van der Waals surface area contributed by atoms with Crippen LogP contribution >= 0.6 is 11.8 Å². The van der Waals surface area contributed by atoms with Gasteiger partial charge in [-0.25, -0.2) is 0 Å². The van der Waals surface area contributed by atoms with Crippen LogP contribution in [0.25, 0.3) is 0 Å². The van der Waals surface area contributed by atoms with Gasteiger partial charge in [0.25, 0.3) is 0 Å². The highest BCUT2D eigenvalue weighted by Gasteiger charge is 2.13. The summed E-state index contributed by atoms with van der Waals surface area (Å²) in [6.45, 7) is 7.02. The maximum absolute atomic E-state index is 5.81. The van der Waals surface area contributed by atoms with Crippen molar-refractivity contribution in [3.8, 4) is 5.75 Å². The molecule has 4 nitrogen and oxygen atoms in total. The van der Waals surface area contributed by atoms with E-state index in [-0.39, 0.29) is 0 Å². The van der Waals surface area contributed by atoms with E-state index >= 15 is 0 Å². The van der Waals surface area contributed by atoms with Crippen LogP contribution in [0.15, 0.2) is 72.4 Å². The normalized spacial score (nSPS) is 10.6. The molecule has 3 rings (SSSR count). The summed E-state index contributed by atoms with van der Waals surface area (Å²) >= 11 is 1.68. The van der Waals surface area contributed by atoms with Crippen LogP contribution in [0.5, 0.6) is 5.75 Å². The highest BCUT2D eigenvalue weighted by atomic mass is 32.2. The quantitative estimate of drug-likeness (QED) is 0.438. The molecule has 2 aromatic carbocycles. The molecule has 0 bridgehead atoms. The number of ether oxygens (including phenoxy) is 1. The Hall–Kier alpha value is -2.53. The molecule has 5 heteroatoms. The van der Waals surface area contributed by atoms with E-state index in [4.69, 9.17) is 4.74 Å². The average molecular weight is 351 g/mol. The Morgan fingerprint density at radius 1 is 1.08 bits per heavy atom. The lowest BCUT2D eigenvalue weighted by Gasteiger charge is -2.09. The highest BCUT2D eigenvalue weighted by molar-refractivity contribution is 7.98. The molecule has 0 aliphatic heterocycles. The summed E-state index contributed by atoms with van der Waals surface area (Å²) in [7, 11) is 0. The first kappa shape index (κ1) is 17.3. The van der Waals surface area contributed by atoms with Crippen LogP contribution in [-0.4, -0.2) is 14.8 Å². The van der Waals surface area contributed by atoms with Crippen LogP contribution in [0.4, 0.5) is 0 Å². The lowest BCUT2D eigenvalue weighted by molar-refractivity contribution is 0.289. The minimum Gasteiger partial charge on any atom is -0.486 e. The largest absolute Gasteiger partial charge is 0.486 e. The third kappa shape index (κ3) is 4.51. The number of aryl methyl sites for hydroxylation is 1. The molecule has 0 amide bonds. The standard InChI is InChI=1S/C20H21N3OS/c1-3-13-23-19(14-24-18-11-5-4-6-12-18)21-22-20(23)25-15-17-10-8-7-9-16(17)2/h3-12H,1,13-15H2,2H3. The van der Waals surface area contributed by atoms with Crippen molar-refractivity contribution >= 4 is 11.8 Å². The second-order valence-electron chi connectivity index (χ2n) is 5.61. The fraction of sp³-hybridized carbons (Fsp3) is 0.200. The molecule has 0 unspecified atom stereocenters. The summed E-state index contributed by atoms with van der Waals surface area (Å²) in [4.78, 5) is 0. The van der Waals surface area contributed by atoms with Crippen molar-refractivity contribution in [2.45, 2.75) is 31.0 Å². The molecule has 128 valence electrons. The molecule has 0 N–H and O–H groups in total. The fourth-order valence-electron chi connectivity index (χ4n) is 2.42. The maximum Gasteiger partial charge on any atom is 0.191 e. The van der Waals surface area contributed by atoms with E-state index in [1.807, 2.05) is 36.4 Å². The van der Waals surface area contributed by atoms with Crippen molar-refractivity contribution in [1.29, 1.82) is 0 Å². The first-order valence-electron chi connectivity index (χ1n) is 8.16. The van der Waals surface area contributed by atoms with Crippen molar-refractivity contribution < 1.29 is 4.74 Å². The number of thioether (sulfide) groups is 1. The fourth-order valence-corrected chi connectivity index (χ4v) is 3.47. The molecule has 25 heavy (non-hydrogen) atoms. The number of hydrogen-bond donors (Lipinski definition) is 0. The van der Waals surface area contributed by atoms with E-state index in [0.29, 0.717) is 13.2 Å². The molecule has 0 spiro atoms. The number of rotatable bonds is 8. The molecule has 0 saturated heterocycles. The van der Waals surface area contributed by atoms with E-state index in [9.17, 15) is 0 Å². The van der Waals surface area contributed by atoms with Crippen molar-refractivity contribution in [1.82, 2.24) is 14.8 Å². The highest BCUT2D eigenvalue weighted by Crippen LogP contribution is 2.24. The Morgan fingerprint density at radius 3 is 2.60 bits per heavy atom. The van der Waals surface area contributed by atoms with Crippen molar-refractivity contribution in [2.75, 3.05) is 0 Å². The van der Waals surface area contributed by atoms with E-state index in [1.165, 1.54) is 11.1 Å². The number of benzene rings is 2. The first-order chi connectivity index (χ1) is 12.3. The van der Waals surface area contributed by atoms with Gasteiger partial charge in [-0.3, -0.25) is 4.57 Å². The zero-order chi connectivity index (χ0) is 17.5. The molecule has 0 fully saturated rings. The van der Waals surface area contributed by atoms with Gasteiger partial charge in [0.15, 0.2) is 11.0 Å². The summed E-state index contributed by atoms with van der Waals surface area (Å²) in [5.74, 6) is 2.49. The summed E-state index contributed by atoms with van der Waals surface area (Å²) in [6.07, 6.45) is 1.85. The molecular formula is C20H21N3OS.